The van der Waals surface area contributed by atoms with Crippen LogP contribution in [-0.4, -0.2) is 37.2 Å². The van der Waals surface area contributed by atoms with E-state index in [2.05, 4.69) is 0 Å². The topological polar surface area (TPSA) is 117 Å². The summed E-state index contributed by atoms with van der Waals surface area (Å²) in [6.07, 6.45) is -1.15. The predicted molar refractivity (Wildman–Crippen MR) is 81.0 cm³/mol. The van der Waals surface area contributed by atoms with E-state index in [0.717, 1.165) is 5.75 Å². The first kappa shape index (κ1) is 18.3. The number of nitrogens with two attached hydrogens (primary N) is 1. The van der Waals surface area contributed by atoms with Crippen molar-refractivity contribution in [3.05, 3.63) is 24.3 Å². The third-order valence-electron chi connectivity index (χ3n) is 2.63. The van der Waals surface area contributed by atoms with Gasteiger partial charge in [-0.25, -0.2) is 4.79 Å². The summed E-state index contributed by atoms with van der Waals surface area (Å²) in [5, 5.41) is 1.83. The van der Waals surface area contributed by atoms with Crippen molar-refractivity contribution in [3.8, 4) is 11.5 Å². The van der Waals surface area contributed by atoms with Crippen LogP contribution < -0.4 is 20.5 Å². The minimum Gasteiger partial charge on any atom is -0.494 e. The quantitative estimate of drug-likeness (QED) is 0.688. The molecule has 0 radical (unpaired) electrons. The van der Waals surface area contributed by atoms with Gasteiger partial charge in [-0.15, -0.1) is 0 Å². The van der Waals surface area contributed by atoms with Gasteiger partial charge in [-0.1, -0.05) is 0 Å². The smallest absolute Gasteiger partial charge is 0.318 e. The lowest BCUT2D eigenvalue weighted by Crippen LogP contribution is -2.42. The van der Waals surface area contributed by atoms with Gasteiger partial charge in [0.1, 0.15) is 11.5 Å². The highest BCUT2D eigenvalue weighted by Gasteiger charge is 2.18. The molecule has 23 heavy (non-hydrogen) atoms. The Kier molecular flexibility index (Phi) is 7.38. The first-order valence-corrected chi connectivity index (χ1v) is 7.07. The monoisotopic (exact) mass is 324 g/mol. The molecule has 126 valence electrons. The number of benzene rings is 1. The van der Waals surface area contributed by atoms with Gasteiger partial charge in [0.05, 0.1) is 19.6 Å². The number of hydrogen-bond donors (Lipinski definition) is 2. The van der Waals surface area contributed by atoms with Crippen LogP contribution in [0.25, 0.3) is 0 Å². The summed E-state index contributed by atoms with van der Waals surface area (Å²) in [5.74, 6) is -0.0874. The number of esters is 1. The molecular formula is C15H20N2O6. The van der Waals surface area contributed by atoms with E-state index in [0.29, 0.717) is 12.4 Å². The molecule has 0 saturated carbocycles. The summed E-state index contributed by atoms with van der Waals surface area (Å²) in [7, 11) is 0. The minimum absolute atomic E-state index is 0.0403. The van der Waals surface area contributed by atoms with Crippen molar-refractivity contribution < 1.29 is 28.6 Å². The van der Waals surface area contributed by atoms with Crippen LogP contribution in [0, 0.1) is 0 Å². The summed E-state index contributed by atoms with van der Waals surface area (Å²) in [6, 6.07) is 5.95. The summed E-state index contributed by atoms with van der Waals surface area (Å²) in [6.45, 7) is 3.90. The molecule has 8 nitrogen and oxygen atoms in total. The average molecular weight is 324 g/mol. The number of imide groups is 1. The fourth-order valence-electron chi connectivity index (χ4n) is 1.58. The zero-order valence-corrected chi connectivity index (χ0v) is 13.0. The van der Waals surface area contributed by atoms with Crippen molar-refractivity contribution in [3.63, 3.8) is 0 Å². The second kappa shape index (κ2) is 9.29. The average Bonchev–Trinajstić information content (AvgIpc) is 2.48. The van der Waals surface area contributed by atoms with Crippen molar-refractivity contribution in [2.45, 2.75) is 26.4 Å². The molecule has 1 aromatic rings. The molecule has 1 aromatic carbocycles. The maximum Gasteiger partial charge on any atom is 0.318 e. The molecule has 0 aliphatic rings. The molecule has 8 heteroatoms. The Bertz CT molecular complexity index is 543. The third-order valence-corrected chi connectivity index (χ3v) is 2.63. The number of hydrogen-bond acceptors (Lipinski definition) is 6. The second-order valence-corrected chi connectivity index (χ2v) is 4.49. The fraction of sp³-hybridized carbons (Fsp3) is 0.400. The van der Waals surface area contributed by atoms with Crippen molar-refractivity contribution in [1.29, 1.82) is 0 Å². The maximum absolute atomic E-state index is 11.6. The highest BCUT2D eigenvalue weighted by molar-refractivity contribution is 5.96. The molecule has 0 spiro atoms. The first-order chi connectivity index (χ1) is 10.9. The molecule has 0 aromatic heterocycles. The van der Waals surface area contributed by atoms with Gasteiger partial charge in [-0.2, -0.15) is 0 Å². The lowest BCUT2D eigenvalue weighted by atomic mass is 10.3. The van der Waals surface area contributed by atoms with Crippen LogP contribution in [0.5, 0.6) is 11.5 Å². The molecule has 0 aliphatic carbocycles. The molecule has 0 aliphatic heterocycles. The molecule has 0 fully saturated rings. The number of urea groups is 1. The van der Waals surface area contributed by atoms with Crippen molar-refractivity contribution >= 4 is 17.9 Å². The van der Waals surface area contributed by atoms with E-state index < -0.39 is 24.0 Å². The summed E-state index contributed by atoms with van der Waals surface area (Å²) in [4.78, 5) is 33.4. The highest BCUT2D eigenvalue weighted by Crippen LogP contribution is 2.17. The van der Waals surface area contributed by atoms with Gasteiger partial charge in [-0.3, -0.25) is 14.9 Å². The molecule has 3 N–H and O–H groups in total. The second-order valence-electron chi connectivity index (χ2n) is 4.49. The number of primary amides is 1. The number of rotatable bonds is 8. The van der Waals surface area contributed by atoms with E-state index >= 15 is 0 Å². The Labute approximate surface area is 133 Å². The molecule has 1 atom stereocenters. The van der Waals surface area contributed by atoms with Crippen molar-refractivity contribution in [2.24, 2.45) is 5.73 Å². The molecule has 0 unspecified atom stereocenters. The van der Waals surface area contributed by atoms with E-state index in [1.165, 1.54) is 6.92 Å². The van der Waals surface area contributed by atoms with E-state index in [9.17, 15) is 14.4 Å². The van der Waals surface area contributed by atoms with Gasteiger partial charge >= 0.3 is 12.0 Å². The van der Waals surface area contributed by atoms with Crippen LogP contribution in [0.1, 0.15) is 20.3 Å². The van der Waals surface area contributed by atoms with E-state index in [1.807, 2.05) is 12.2 Å². The summed E-state index contributed by atoms with van der Waals surface area (Å²) in [5.41, 5.74) is 4.80. The van der Waals surface area contributed by atoms with Crippen molar-refractivity contribution in [2.75, 3.05) is 13.2 Å². The van der Waals surface area contributed by atoms with Gasteiger partial charge in [0.15, 0.2) is 6.10 Å². The van der Waals surface area contributed by atoms with Crippen LogP contribution in [0.15, 0.2) is 24.3 Å². The number of carbonyl (C=O) groups excluding carboxylic acids is 3. The van der Waals surface area contributed by atoms with Gasteiger partial charge in [0, 0.05) is 0 Å². The van der Waals surface area contributed by atoms with Gasteiger partial charge in [-0.05, 0) is 38.1 Å². The Morgan fingerprint density at radius 1 is 1.13 bits per heavy atom. The normalized spacial score (nSPS) is 11.2. The lowest BCUT2D eigenvalue weighted by molar-refractivity contribution is -0.154. The van der Waals surface area contributed by atoms with Crippen molar-refractivity contribution in [1.82, 2.24) is 5.32 Å². The lowest BCUT2D eigenvalue weighted by Gasteiger charge is -2.12. The Morgan fingerprint density at radius 3 is 2.22 bits per heavy atom. The Hall–Kier alpha value is -2.77. The standard InChI is InChI=1S/C15H20N2O6/c1-3-21-11-4-6-12(7-5-11)22-9-8-13(18)23-10(2)14(19)17-15(16)20/h4-7,10H,3,8-9H2,1-2H3,(H3,16,17,19,20)/t10-/m1/s1. The van der Waals surface area contributed by atoms with E-state index in [4.69, 9.17) is 19.9 Å². The molecule has 0 saturated heterocycles. The first-order valence-electron chi connectivity index (χ1n) is 7.07. The van der Waals surface area contributed by atoms with Crippen LogP contribution >= 0.6 is 0 Å². The maximum atomic E-state index is 11.6. The number of nitrogens with one attached hydrogen (secondary N) is 1. The van der Waals surface area contributed by atoms with Gasteiger partial charge in [0.2, 0.25) is 0 Å². The SMILES string of the molecule is CCOc1ccc(OCCC(=O)O[C@H](C)C(=O)NC(N)=O)cc1. The number of carbonyl (C=O) groups is 3. The summed E-state index contributed by atoms with van der Waals surface area (Å²) >= 11 is 0. The van der Waals surface area contributed by atoms with Gasteiger partial charge in [0.25, 0.3) is 5.91 Å². The third kappa shape index (κ3) is 7.16. The minimum atomic E-state index is -1.11. The molecular weight excluding hydrogens is 304 g/mol. The van der Waals surface area contributed by atoms with Crippen LogP contribution in [0.4, 0.5) is 4.79 Å². The Balaban J connectivity index is 2.30. The zero-order chi connectivity index (χ0) is 17.2. The van der Waals surface area contributed by atoms with Crippen LogP contribution in [0.2, 0.25) is 0 Å². The fourth-order valence-corrected chi connectivity index (χ4v) is 1.58. The molecule has 0 bridgehead atoms. The highest BCUT2D eigenvalue weighted by atomic mass is 16.6. The number of amides is 3. The predicted octanol–water partition coefficient (Wildman–Crippen LogP) is 0.981. The molecule has 3 amide bonds. The van der Waals surface area contributed by atoms with E-state index in [-0.39, 0.29) is 13.0 Å². The summed E-state index contributed by atoms with van der Waals surface area (Å²) < 4.78 is 15.5. The van der Waals surface area contributed by atoms with E-state index in [1.54, 1.807) is 24.3 Å². The zero-order valence-electron chi connectivity index (χ0n) is 13.0. The molecule has 1 rings (SSSR count). The molecule has 0 heterocycles. The Morgan fingerprint density at radius 2 is 1.70 bits per heavy atom. The van der Waals surface area contributed by atoms with Crippen LogP contribution in [-0.2, 0) is 14.3 Å². The van der Waals surface area contributed by atoms with Gasteiger partial charge < -0.3 is 19.9 Å². The number of ether oxygens (including phenoxy) is 3. The largest absolute Gasteiger partial charge is 0.494 e. The van der Waals surface area contributed by atoms with Crippen LogP contribution in [0.3, 0.4) is 0 Å².